The van der Waals surface area contributed by atoms with Crippen LogP contribution in [0.3, 0.4) is 0 Å². The molecule has 0 atom stereocenters. The smallest absolute Gasteiger partial charge is 0.234 e. The first-order chi connectivity index (χ1) is 6.76. The molecule has 0 saturated carbocycles. The predicted molar refractivity (Wildman–Crippen MR) is 51.9 cm³/mol. The molecule has 1 aliphatic heterocycles. The second-order valence-electron chi connectivity index (χ2n) is 3.34. The maximum Gasteiger partial charge on any atom is 0.234 e. The first-order valence-corrected chi connectivity index (χ1v) is 4.81. The molecule has 5 heteroatoms. The van der Waals surface area contributed by atoms with Crippen molar-refractivity contribution in [3.05, 3.63) is 0 Å². The van der Waals surface area contributed by atoms with Crippen molar-refractivity contribution in [2.75, 3.05) is 40.4 Å². The van der Waals surface area contributed by atoms with E-state index in [0.717, 1.165) is 19.5 Å². The lowest BCUT2D eigenvalue weighted by atomic mass is 10.4. The van der Waals surface area contributed by atoms with Crippen LogP contribution >= 0.6 is 0 Å². The summed E-state index contributed by atoms with van der Waals surface area (Å²) >= 11 is 0. The van der Waals surface area contributed by atoms with E-state index in [0.29, 0.717) is 13.1 Å². The minimum absolute atomic E-state index is 0.0773. The maximum atomic E-state index is 11.2. The largest absolute Gasteiger partial charge is 0.355 e. The number of hydrogen-bond donors (Lipinski definition) is 1. The van der Waals surface area contributed by atoms with Gasteiger partial charge in [-0.1, -0.05) is 0 Å². The van der Waals surface area contributed by atoms with Crippen LogP contribution in [0.15, 0.2) is 0 Å². The highest BCUT2D eigenvalue weighted by Gasteiger charge is 2.17. The summed E-state index contributed by atoms with van der Waals surface area (Å²) in [5, 5.41) is 2.82. The highest BCUT2D eigenvalue weighted by atomic mass is 16.7. The van der Waals surface area contributed by atoms with Crippen LogP contribution in [0.1, 0.15) is 6.42 Å². The number of rotatable bonds is 4. The van der Waals surface area contributed by atoms with Crippen molar-refractivity contribution in [3.8, 4) is 0 Å². The molecular formula is C9H18N2O3. The van der Waals surface area contributed by atoms with Crippen molar-refractivity contribution < 1.29 is 14.3 Å². The van der Waals surface area contributed by atoms with Crippen LogP contribution in [0.4, 0.5) is 0 Å². The summed E-state index contributed by atoms with van der Waals surface area (Å²) in [6.45, 7) is 2.74. The van der Waals surface area contributed by atoms with Gasteiger partial charge in [0, 0.05) is 33.9 Å². The molecule has 1 amide bonds. The van der Waals surface area contributed by atoms with Crippen molar-refractivity contribution in [1.82, 2.24) is 10.2 Å². The first-order valence-electron chi connectivity index (χ1n) is 4.81. The van der Waals surface area contributed by atoms with Gasteiger partial charge in [-0.3, -0.25) is 9.69 Å². The monoisotopic (exact) mass is 202 g/mol. The van der Waals surface area contributed by atoms with Gasteiger partial charge in [-0.05, 0) is 6.42 Å². The second-order valence-corrected chi connectivity index (χ2v) is 3.34. The van der Waals surface area contributed by atoms with Gasteiger partial charge in [0.05, 0.1) is 6.54 Å². The number of methoxy groups -OCH3 is 2. The van der Waals surface area contributed by atoms with Crippen LogP contribution in [-0.2, 0) is 14.3 Å². The average molecular weight is 202 g/mol. The maximum absolute atomic E-state index is 11.2. The van der Waals surface area contributed by atoms with E-state index in [9.17, 15) is 4.79 Å². The Morgan fingerprint density at radius 1 is 1.50 bits per heavy atom. The van der Waals surface area contributed by atoms with E-state index in [4.69, 9.17) is 9.47 Å². The molecule has 0 aromatic carbocycles. The fourth-order valence-electron chi connectivity index (χ4n) is 1.48. The topological polar surface area (TPSA) is 50.8 Å². The molecule has 14 heavy (non-hydrogen) atoms. The van der Waals surface area contributed by atoms with Crippen molar-refractivity contribution in [2.45, 2.75) is 12.7 Å². The Morgan fingerprint density at radius 2 is 2.21 bits per heavy atom. The summed E-state index contributed by atoms with van der Waals surface area (Å²) in [5.41, 5.74) is 0. The Morgan fingerprint density at radius 3 is 2.86 bits per heavy atom. The standard InChI is InChI=1S/C9H18N2O3/c1-13-9(14-2)7-11-5-3-4-10-8(12)6-11/h9H,3-7H2,1-2H3,(H,10,12). The number of nitrogens with one attached hydrogen (secondary N) is 1. The van der Waals surface area contributed by atoms with E-state index in [1.807, 2.05) is 4.90 Å². The van der Waals surface area contributed by atoms with Gasteiger partial charge in [-0.25, -0.2) is 0 Å². The van der Waals surface area contributed by atoms with Crippen LogP contribution in [0.5, 0.6) is 0 Å². The fraction of sp³-hybridized carbons (Fsp3) is 0.889. The average Bonchev–Trinajstić information content (AvgIpc) is 2.39. The summed E-state index contributed by atoms with van der Waals surface area (Å²) in [6.07, 6.45) is 0.729. The summed E-state index contributed by atoms with van der Waals surface area (Å²) < 4.78 is 10.2. The third-order valence-corrected chi connectivity index (χ3v) is 2.27. The van der Waals surface area contributed by atoms with Crippen molar-refractivity contribution in [2.24, 2.45) is 0 Å². The Hall–Kier alpha value is -0.650. The van der Waals surface area contributed by atoms with Gasteiger partial charge in [0.1, 0.15) is 0 Å². The minimum Gasteiger partial charge on any atom is -0.355 e. The number of carbonyl (C=O) groups is 1. The lowest BCUT2D eigenvalue weighted by Gasteiger charge is -2.23. The first kappa shape index (κ1) is 11.4. The van der Waals surface area contributed by atoms with Crippen LogP contribution in [-0.4, -0.2) is 57.5 Å². The summed E-state index contributed by atoms with van der Waals surface area (Å²) in [6, 6.07) is 0. The zero-order valence-electron chi connectivity index (χ0n) is 8.78. The van der Waals surface area contributed by atoms with Crippen molar-refractivity contribution >= 4 is 5.91 Å². The number of nitrogens with zero attached hydrogens (tertiary/aromatic N) is 1. The van der Waals surface area contributed by atoms with Crippen LogP contribution in [0.2, 0.25) is 0 Å². The Kier molecular flexibility index (Phi) is 4.86. The van der Waals surface area contributed by atoms with E-state index >= 15 is 0 Å². The van der Waals surface area contributed by atoms with Crippen molar-refractivity contribution in [3.63, 3.8) is 0 Å². The zero-order valence-corrected chi connectivity index (χ0v) is 8.78. The molecule has 0 aromatic heterocycles. The SMILES string of the molecule is COC(CN1CCCNC(=O)C1)OC. The van der Waals surface area contributed by atoms with Gasteiger partial charge in [0.15, 0.2) is 6.29 Å². The molecule has 5 nitrogen and oxygen atoms in total. The highest BCUT2D eigenvalue weighted by Crippen LogP contribution is 2.00. The quantitative estimate of drug-likeness (QED) is 0.620. The van der Waals surface area contributed by atoms with E-state index in [-0.39, 0.29) is 12.2 Å². The van der Waals surface area contributed by atoms with E-state index in [1.165, 1.54) is 0 Å². The van der Waals surface area contributed by atoms with Crippen LogP contribution in [0, 0.1) is 0 Å². The number of carbonyl (C=O) groups excluding carboxylic acids is 1. The van der Waals surface area contributed by atoms with Crippen LogP contribution in [0.25, 0.3) is 0 Å². The predicted octanol–water partition coefficient (Wildman–Crippen LogP) is -0.573. The molecule has 1 heterocycles. The molecule has 0 bridgehead atoms. The highest BCUT2D eigenvalue weighted by molar-refractivity contribution is 5.78. The summed E-state index contributed by atoms with van der Waals surface area (Å²) in [4.78, 5) is 13.3. The molecular weight excluding hydrogens is 184 g/mol. The molecule has 0 unspecified atom stereocenters. The Balaban J connectivity index is 2.37. The molecule has 0 aromatic rings. The molecule has 0 spiro atoms. The molecule has 1 N–H and O–H groups in total. The van der Waals surface area contributed by atoms with Gasteiger partial charge >= 0.3 is 0 Å². The second kappa shape index (κ2) is 5.95. The van der Waals surface area contributed by atoms with Crippen molar-refractivity contribution in [1.29, 1.82) is 0 Å². The number of ether oxygens (including phenoxy) is 2. The summed E-state index contributed by atoms with van der Waals surface area (Å²) in [5.74, 6) is 0.0773. The number of hydrogen-bond acceptors (Lipinski definition) is 4. The van der Waals surface area contributed by atoms with E-state index < -0.39 is 0 Å². The molecule has 82 valence electrons. The van der Waals surface area contributed by atoms with Gasteiger partial charge in [-0.15, -0.1) is 0 Å². The van der Waals surface area contributed by atoms with Gasteiger partial charge in [0.2, 0.25) is 5.91 Å². The van der Waals surface area contributed by atoms with Crippen LogP contribution < -0.4 is 5.32 Å². The zero-order chi connectivity index (χ0) is 10.4. The molecule has 1 saturated heterocycles. The lowest BCUT2D eigenvalue weighted by Crippen LogP contribution is -2.39. The third-order valence-electron chi connectivity index (χ3n) is 2.27. The van der Waals surface area contributed by atoms with E-state index in [2.05, 4.69) is 5.32 Å². The molecule has 0 radical (unpaired) electrons. The third kappa shape index (κ3) is 3.61. The molecule has 1 rings (SSSR count). The van der Waals surface area contributed by atoms with Gasteiger partial charge < -0.3 is 14.8 Å². The molecule has 0 aliphatic carbocycles. The Bertz CT molecular complexity index is 183. The fourth-order valence-corrected chi connectivity index (χ4v) is 1.48. The molecule has 1 fully saturated rings. The molecule has 1 aliphatic rings. The van der Waals surface area contributed by atoms with E-state index in [1.54, 1.807) is 14.2 Å². The van der Waals surface area contributed by atoms with Gasteiger partial charge in [-0.2, -0.15) is 0 Å². The number of amides is 1. The normalized spacial score (nSPS) is 19.5. The lowest BCUT2D eigenvalue weighted by molar-refractivity contribution is -0.127. The van der Waals surface area contributed by atoms with Gasteiger partial charge in [0.25, 0.3) is 0 Å². The minimum atomic E-state index is -0.249. The summed E-state index contributed by atoms with van der Waals surface area (Å²) in [7, 11) is 3.21. The Labute approximate surface area is 84.4 Å².